The highest BCUT2D eigenvalue weighted by atomic mass is 31.2. The lowest BCUT2D eigenvalue weighted by molar-refractivity contribution is -0.161. The number of rotatable bonds is 42. The van der Waals surface area contributed by atoms with Gasteiger partial charge in [0.1, 0.15) is 12.6 Å². The average molecular weight is 888 g/mol. The maximum absolute atomic E-state index is 12.7. The molecular formula is C50H82NO10P. The molecule has 0 aliphatic carbocycles. The number of esters is 2. The van der Waals surface area contributed by atoms with Gasteiger partial charge in [-0.15, -0.1) is 0 Å². The second-order valence-corrected chi connectivity index (χ2v) is 16.6. The molecule has 0 amide bonds. The van der Waals surface area contributed by atoms with Crippen molar-refractivity contribution in [2.45, 2.75) is 180 Å². The van der Waals surface area contributed by atoms with Gasteiger partial charge in [-0.1, -0.05) is 169 Å². The fraction of sp³-hybridized carbons (Fsp3) is 0.620. The van der Waals surface area contributed by atoms with Gasteiger partial charge in [-0.05, 0) is 83.5 Å². The number of carboxylic acid groups (broad SMARTS) is 1. The molecule has 0 aromatic carbocycles. The number of aliphatic carboxylic acids is 1. The first-order valence-corrected chi connectivity index (χ1v) is 24.8. The lowest BCUT2D eigenvalue weighted by Gasteiger charge is -2.20. The fourth-order valence-electron chi connectivity index (χ4n) is 5.71. The van der Waals surface area contributed by atoms with Gasteiger partial charge in [0.25, 0.3) is 0 Å². The zero-order valence-corrected chi connectivity index (χ0v) is 39.1. The van der Waals surface area contributed by atoms with Crippen LogP contribution in [-0.2, 0) is 37.5 Å². The highest BCUT2D eigenvalue weighted by molar-refractivity contribution is 7.47. The third-order valence-electron chi connectivity index (χ3n) is 9.33. The van der Waals surface area contributed by atoms with E-state index in [-0.39, 0.29) is 12.8 Å². The summed E-state index contributed by atoms with van der Waals surface area (Å²) in [5.74, 6) is -2.50. The maximum atomic E-state index is 12.7. The van der Waals surface area contributed by atoms with E-state index in [1.807, 2.05) is 12.2 Å². The number of hydrogen-bond donors (Lipinski definition) is 3. The number of carbonyl (C=O) groups excluding carboxylic acids is 2. The average Bonchev–Trinajstić information content (AvgIpc) is 3.25. The third-order valence-corrected chi connectivity index (χ3v) is 10.3. The number of allylic oxidation sites excluding steroid dienone is 16. The molecule has 1 unspecified atom stereocenters. The lowest BCUT2D eigenvalue weighted by Crippen LogP contribution is -2.34. The molecule has 0 bridgehead atoms. The first-order valence-electron chi connectivity index (χ1n) is 23.3. The topological polar surface area (TPSA) is 172 Å². The number of carboxylic acids is 1. The number of hydrogen-bond acceptors (Lipinski definition) is 9. The summed E-state index contributed by atoms with van der Waals surface area (Å²) in [6.45, 7) is 2.58. The summed E-state index contributed by atoms with van der Waals surface area (Å²) in [5, 5.41) is 8.90. The number of nitrogens with two attached hydrogens (primary N) is 1. The van der Waals surface area contributed by atoms with Crippen molar-refractivity contribution in [3.63, 3.8) is 0 Å². The lowest BCUT2D eigenvalue weighted by atomic mass is 10.1. The van der Waals surface area contributed by atoms with Crippen LogP contribution < -0.4 is 5.73 Å². The summed E-state index contributed by atoms with van der Waals surface area (Å²) in [6.07, 6.45) is 56.2. The molecule has 352 valence electrons. The SMILES string of the molecule is CC/C=C\C/C=C\C/C=C\C/C=C\C/C=C\C/C=C\CCC(=O)OC[C@H](COP(=O)(O)OC[C@H](N)C(=O)O)OC(=O)CCCCCCCCCCC/C=C\C/C=C\CCCCC. The summed E-state index contributed by atoms with van der Waals surface area (Å²) in [7, 11) is -4.74. The van der Waals surface area contributed by atoms with Crippen LogP contribution in [0, 0.1) is 0 Å². The van der Waals surface area contributed by atoms with Crippen molar-refractivity contribution >= 4 is 25.7 Å². The minimum absolute atomic E-state index is 0.0904. The van der Waals surface area contributed by atoms with E-state index >= 15 is 0 Å². The number of phosphoric acid groups is 1. The van der Waals surface area contributed by atoms with E-state index in [2.05, 4.69) is 103 Å². The summed E-state index contributed by atoms with van der Waals surface area (Å²) in [4.78, 5) is 46.0. The van der Waals surface area contributed by atoms with Crippen LogP contribution in [-0.4, -0.2) is 59.9 Å². The van der Waals surface area contributed by atoms with Crippen LogP contribution in [0.25, 0.3) is 0 Å². The van der Waals surface area contributed by atoms with Gasteiger partial charge in [0, 0.05) is 12.8 Å². The molecule has 62 heavy (non-hydrogen) atoms. The summed E-state index contributed by atoms with van der Waals surface area (Å²) < 4.78 is 32.7. The molecule has 0 aromatic rings. The van der Waals surface area contributed by atoms with Crippen molar-refractivity contribution in [2.24, 2.45) is 5.73 Å². The second kappa shape index (κ2) is 44.0. The van der Waals surface area contributed by atoms with E-state index in [1.165, 1.54) is 51.4 Å². The molecule has 0 saturated heterocycles. The number of unbranched alkanes of at least 4 members (excludes halogenated alkanes) is 12. The third kappa shape index (κ3) is 43.1. The Balaban J connectivity index is 4.46. The standard InChI is InChI=1S/C50H82NO10P/c1-3-5-7-9-11-13-15-17-19-21-23-25-27-29-31-33-35-37-39-41-48(52)58-43-46(44-59-62(56,57)60-45-47(51)50(54)55)61-49(53)42-40-38-36-34-32-30-28-26-24-22-20-18-16-14-12-10-8-6-4-2/h5,7,11-14,17-20,23,25,29,31,35,37,46-47H,3-4,6,8-10,15-16,21-22,24,26-28,30,32-34,36,38-45,51H2,1-2H3,(H,54,55)(H,56,57)/b7-5-,13-11-,14-12-,19-17-,20-18-,25-23-,31-29-,37-35-/t46-,47+/m1/s1. The molecule has 12 heteroatoms. The molecule has 0 heterocycles. The molecule has 0 rings (SSSR count). The summed E-state index contributed by atoms with van der Waals surface area (Å²) in [5.41, 5.74) is 5.34. The zero-order valence-electron chi connectivity index (χ0n) is 38.2. The Hall–Kier alpha value is -3.60. The second-order valence-electron chi connectivity index (χ2n) is 15.1. The van der Waals surface area contributed by atoms with Crippen LogP contribution in [0.2, 0.25) is 0 Å². The van der Waals surface area contributed by atoms with Gasteiger partial charge in [0.05, 0.1) is 13.2 Å². The van der Waals surface area contributed by atoms with Gasteiger partial charge in [-0.2, -0.15) is 0 Å². The molecule has 3 atom stereocenters. The molecule has 0 spiro atoms. The predicted octanol–water partition coefficient (Wildman–Crippen LogP) is 12.8. The van der Waals surface area contributed by atoms with Crippen molar-refractivity contribution < 1.29 is 47.5 Å². The van der Waals surface area contributed by atoms with Crippen molar-refractivity contribution in [3.05, 3.63) is 97.2 Å². The van der Waals surface area contributed by atoms with Gasteiger partial charge in [0.15, 0.2) is 6.10 Å². The van der Waals surface area contributed by atoms with Crippen LogP contribution in [0.1, 0.15) is 168 Å². The zero-order chi connectivity index (χ0) is 45.6. The van der Waals surface area contributed by atoms with Crippen LogP contribution in [0.4, 0.5) is 0 Å². The van der Waals surface area contributed by atoms with Crippen LogP contribution in [0.3, 0.4) is 0 Å². The Morgan fingerprint density at radius 2 is 0.935 bits per heavy atom. The van der Waals surface area contributed by atoms with Crippen LogP contribution >= 0.6 is 7.82 Å². The van der Waals surface area contributed by atoms with Crippen molar-refractivity contribution in [2.75, 3.05) is 19.8 Å². The quantitative estimate of drug-likeness (QED) is 0.0230. The molecule has 4 N–H and O–H groups in total. The first kappa shape index (κ1) is 58.4. The molecule has 0 radical (unpaired) electrons. The van der Waals surface area contributed by atoms with E-state index in [9.17, 15) is 23.8 Å². The van der Waals surface area contributed by atoms with Crippen molar-refractivity contribution in [1.82, 2.24) is 0 Å². The van der Waals surface area contributed by atoms with Gasteiger partial charge >= 0.3 is 25.7 Å². The largest absolute Gasteiger partial charge is 0.480 e. The fourth-order valence-corrected chi connectivity index (χ4v) is 6.49. The smallest absolute Gasteiger partial charge is 0.472 e. The summed E-state index contributed by atoms with van der Waals surface area (Å²) >= 11 is 0. The monoisotopic (exact) mass is 888 g/mol. The van der Waals surface area contributed by atoms with E-state index in [1.54, 1.807) is 0 Å². The Labute approximate surface area is 375 Å². The van der Waals surface area contributed by atoms with Gasteiger partial charge in [-0.25, -0.2) is 4.57 Å². The minimum Gasteiger partial charge on any atom is -0.480 e. The molecule has 11 nitrogen and oxygen atoms in total. The Morgan fingerprint density at radius 1 is 0.516 bits per heavy atom. The van der Waals surface area contributed by atoms with Crippen LogP contribution in [0.15, 0.2) is 97.2 Å². The molecule has 0 saturated carbocycles. The maximum Gasteiger partial charge on any atom is 0.472 e. The highest BCUT2D eigenvalue weighted by Crippen LogP contribution is 2.43. The highest BCUT2D eigenvalue weighted by Gasteiger charge is 2.28. The van der Waals surface area contributed by atoms with E-state index in [0.29, 0.717) is 12.8 Å². The molecular weight excluding hydrogens is 806 g/mol. The van der Waals surface area contributed by atoms with E-state index < -0.39 is 57.7 Å². The molecule has 0 aromatic heterocycles. The van der Waals surface area contributed by atoms with Crippen molar-refractivity contribution in [3.8, 4) is 0 Å². The van der Waals surface area contributed by atoms with E-state index in [0.717, 1.165) is 77.0 Å². The Kier molecular flexibility index (Phi) is 41.5. The van der Waals surface area contributed by atoms with Crippen molar-refractivity contribution in [1.29, 1.82) is 0 Å². The van der Waals surface area contributed by atoms with Gasteiger partial charge in [0.2, 0.25) is 0 Å². The van der Waals surface area contributed by atoms with E-state index in [4.69, 9.17) is 24.8 Å². The van der Waals surface area contributed by atoms with Gasteiger partial charge in [-0.3, -0.25) is 23.4 Å². The summed E-state index contributed by atoms with van der Waals surface area (Å²) in [6, 6.07) is -1.54. The minimum atomic E-state index is -4.74. The Morgan fingerprint density at radius 3 is 1.42 bits per heavy atom. The van der Waals surface area contributed by atoms with Crippen LogP contribution in [0.5, 0.6) is 0 Å². The van der Waals surface area contributed by atoms with Gasteiger partial charge < -0.3 is 25.2 Å². The number of ether oxygens (including phenoxy) is 2. The first-order chi connectivity index (χ1) is 30.1. The normalized spacial score (nSPS) is 14.5. The predicted molar refractivity (Wildman–Crippen MR) is 253 cm³/mol. The molecule has 0 fully saturated rings. The molecule has 0 aliphatic heterocycles. The molecule has 0 aliphatic rings. The Bertz CT molecular complexity index is 1410. The number of carbonyl (C=O) groups is 3. The number of phosphoric ester groups is 1.